The average Bonchev–Trinajstić information content (AvgIpc) is 2.20. The fourth-order valence-electron chi connectivity index (χ4n) is 2.03. The van der Waals surface area contributed by atoms with E-state index in [1.165, 1.54) is 16.7 Å². The zero-order chi connectivity index (χ0) is 10.1. The van der Waals surface area contributed by atoms with Crippen LogP contribution >= 0.6 is 12.4 Å². The number of ether oxygens (including phenoxy) is 1. The lowest BCUT2D eigenvalue weighted by molar-refractivity contribution is 0.00678. The first-order valence-electron chi connectivity index (χ1n) is 5.19. The fraction of sp³-hybridized carbons (Fsp3) is 0.500. The zero-order valence-corrected chi connectivity index (χ0v) is 10.0. The number of rotatable bonds is 1. The Morgan fingerprint density at radius 2 is 2.20 bits per heavy atom. The van der Waals surface area contributed by atoms with Gasteiger partial charge in [-0.3, -0.25) is 0 Å². The smallest absolute Gasteiger partial charge is 0.0769 e. The predicted molar refractivity (Wildman–Crippen MR) is 64.2 cm³/mol. The van der Waals surface area contributed by atoms with Crippen LogP contribution in [0.1, 0.15) is 36.1 Å². The molecule has 0 aliphatic carbocycles. The molecule has 2 N–H and O–H groups in total. The monoisotopic (exact) mass is 227 g/mol. The molecule has 0 saturated heterocycles. The number of nitrogens with two attached hydrogens (primary N) is 1. The molecule has 1 heterocycles. The molecule has 3 heteroatoms. The third-order valence-electron chi connectivity index (χ3n) is 2.92. The Labute approximate surface area is 97.2 Å². The molecule has 1 aliphatic rings. The van der Waals surface area contributed by atoms with Gasteiger partial charge in [0.05, 0.1) is 18.8 Å². The third-order valence-corrected chi connectivity index (χ3v) is 2.92. The maximum Gasteiger partial charge on any atom is 0.0769 e. The molecule has 0 saturated carbocycles. The van der Waals surface area contributed by atoms with Crippen LogP contribution in [0.25, 0.3) is 0 Å². The predicted octanol–water partition coefficient (Wildman–Crippen LogP) is 2.73. The van der Waals surface area contributed by atoms with E-state index in [1.54, 1.807) is 0 Å². The quantitative estimate of drug-likeness (QED) is 0.801. The number of aryl methyl sites for hydroxylation is 1. The minimum atomic E-state index is 0. The van der Waals surface area contributed by atoms with Crippen LogP contribution in [-0.2, 0) is 11.3 Å². The van der Waals surface area contributed by atoms with Crippen molar-refractivity contribution in [2.24, 2.45) is 5.73 Å². The van der Waals surface area contributed by atoms with Crippen LogP contribution < -0.4 is 5.73 Å². The summed E-state index contributed by atoms with van der Waals surface area (Å²) in [6, 6.07) is 6.46. The van der Waals surface area contributed by atoms with Crippen LogP contribution in [0, 0.1) is 6.92 Å². The van der Waals surface area contributed by atoms with Crippen LogP contribution in [0.3, 0.4) is 0 Å². The van der Waals surface area contributed by atoms with Gasteiger partial charge in [-0.2, -0.15) is 0 Å². The van der Waals surface area contributed by atoms with E-state index in [0.717, 1.165) is 6.42 Å². The van der Waals surface area contributed by atoms with E-state index in [4.69, 9.17) is 10.5 Å². The fourth-order valence-corrected chi connectivity index (χ4v) is 2.03. The van der Waals surface area contributed by atoms with Crippen molar-refractivity contribution < 1.29 is 4.74 Å². The Bertz CT molecular complexity index is 340. The minimum Gasteiger partial charge on any atom is -0.372 e. The molecule has 0 fully saturated rings. The number of hydrogen-bond acceptors (Lipinski definition) is 2. The first-order valence-corrected chi connectivity index (χ1v) is 5.19. The molecule has 2 atom stereocenters. The van der Waals surface area contributed by atoms with E-state index >= 15 is 0 Å². The summed E-state index contributed by atoms with van der Waals surface area (Å²) < 4.78 is 5.68. The lowest BCUT2D eigenvalue weighted by Crippen LogP contribution is -2.33. The van der Waals surface area contributed by atoms with Gasteiger partial charge in [0, 0.05) is 0 Å². The summed E-state index contributed by atoms with van der Waals surface area (Å²) in [6.07, 6.45) is 1.17. The third kappa shape index (κ3) is 2.33. The largest absolute Gasteiger partial charge is 0.372 e. The molecule has 2 rings (SSSR count). The highest BCUT2D eigenvalue weighted by Gasteiger charge is 2.25. The maximum atomic E-state index is 6.14. The van der Waals surface area contributed by atoms with Crippen LogP contribution in [-0.4, -0.2) is 6.10 Å². The van der Waals surface area contributed by atoms with E-state index in [2.05, 4.69) is 32.0 Å². The Kier molecular flexibility index (Phi) is 4.14. The topological polar surface area (TPSA) is 35.2 Å². The molecule has 0 aromatic heterocycles. The minimum absolute atomic E-state index is 0. The summed E-state index contributed by atoms with van der Waals surface area (Å²) in [5, 5.41) is 0. The van der Waals surface area contributed by atoms with Gasteiger partial charge in [0.25, 0.3) is 0 Å². The van der Waals surface area contributed by atoms with Crippen molar-refractivity contribution in [3.8, 4) is 0 Å². The molecule has 1 aromatic carbocycles. The standard InChI is InChI=1S/C12H17NO.ClH/c1-3-11-12(13)10-6-8(2)4-5-9(10)7-14-11;/h4-6,11-12H,3,7,13H2,1-2H3;1H/t11-,12-;/m1./s1. The second-order valence-electron chi connectivity index (χ2n) is 3.99. The van der Waals surface area contributed by atoms with Crippen LogP contribution in [0.5, 0.6) is 0 Å². The summed E-state index contributed by atoms with van der Waals surface area (Å²) in [5.74, 6) is 0. The average molecular weight is 228 g/mol. The SMILES string of the molecule is CC[C@H]1OCc2ccc(C)cc2[C@H]1N.Cl. The van der Waals surface area contributed by atoms with Crippen molar-refractivity contribution in [3.05, 3.63) is 34.9 Å². The van der Waals surface area contributed by atoms with Gasteiger partial charge in [0.1, 0.15) is 0 Å². The molecule has 1 aromatic rings. The van der Waals surface area contributed by atoms with Crippen molar-refractivity contribution in [2.45, 2.75) is 39.0 Å². The number of benzene rings is 1. The highest BCUT2D eigenvalue weighted by molar-refractivity contribution is 5.85. The van der Waals surface area contributed by atoms with Crippen molar-refractivity contribution in [2.75, 3.05) is 0 Å². The molecular weight excluding hydrogens is 210 g/mol. The van der Waals surface area contributed by atoms with Gasteiger partial charge in [0.15, 0.2) is 0 Å². The highest BCUT2D eigenvalue weighted by Crippen LogP contribution is 2.29. The van der Waals surface area contributed by atoms with Gasteiger partial charge in [-0.15, -0.1) is 12.4 Å². The normalized spacial score (nSPS) is 24.2. The molecule has 15 heavy (non-hydrogen) atoms. The van der Waals surface area contributed by atoms with Gasteiger partial charge in [-0.25, -0.2) is 0 Å². The first-order chi connectivity index (χ1) is 6.72. The van der Waals surface area contributed by atoms with E-state index in [1.807, 2.05) is 0 Å². The molecule has 84 valence electrons. The summed E-state index contributed by atoms with van der Waals surface area (Å²) in [4.78, 5) is 0. The summed E-state index contributed by atoms with van der Waals surface area (Å²) in [6.45, 7) is 4.93. The van der Waals surface area contributed by atoms with E-state index < -0.39 is 0 Å². The van der Waals surface area contributed by atoms with Gasteiger partial charge < -0.3 is 10.5 Å². The van der Waals surface area contributed by atoms with Crippen LogP contribution in [0.4, 0.5) is 0 Å². The molecule has 0 spiro atoms. The van der Waals surface area contributed by atoms with Gasteiger partial charge in [-0.05, 0) is 24.5 Å². The lowest BCUT2D eigenvalue weighted by Gasteiger charge is -2.30. The lowest BCUT2D eigenvalue weighted by atomic mass is 9.92. The Morgan fingerprint density at radius 3 is 2.87 bits per heavy atom. The number of fused-ring (bicyclic) bond motifs is 1. The summed E-state index contributed by atoms with van der Waals surface area (Å²) >= 11 is 0. The molecule has 0 unspecified atom stereocenters. The van der Waals surface area contributed by atoms with Gasteiger partial charge in [0.2, 0.25) is 0 Å². The Morgan fingerprint density at radius 1 is 1.47 bits per heavy atom. The van der Waals surface area contributed by atoms with E-state index in [-0.39, 0.29) is 24.6 Å². The molecule has 1 aliphatic heterocycles. The van der Waals surface area contributed by atoms with E-state index in [9.17, 15) is 0 Å². The first kappa shape index (κ1) is 12.5. The molecule has 0 bridgehead atoms. The van der Waals surface area contributed by atoms with Crippen molar-refractivity contribution in [1.29, 1.82) is 0 Å². The highest BCUT2D eigenvalue weighted by atomic mass is 35.5. The molecule has 2 nitrogen and oxygen atoms in total. The maximum absolute atomic E-state index is 6.14. The van der Waals surface area contributed by atoms with Gasteiger partial charge >= 0.3 is 0 Å². The second kappa shape index (κ2) is 4.97. The second-order valence-corrected chi connectivity index (χ2v) is 3.99. The van der Waals surface area contributed by atoms with Crippen molar-refractivity contribution in [1.82, 2.24) is 0 Å². The number of hydrogen-bond donors (Lipinski definition) is 1. The molecule has 0 amide bonds. The van der Waals surface area contributed by atoms with Crippen molar-refractivity contribution in [3.63, 3.8) is 0 Å². The van der Waals surface area contributed by atoms with Crippen LogP contribution in [0.2, 0.25) is 0 Å². The summed E-state index contributed by atoms with van der Waals surface area (Å²) in [7, 11) is 0. The van der Waals surface area contributed by atoms with Crippen LogP contribution in [0.15, 0.2) is 18.2 Å². The molecular formula is C12H18ClNO. The Hall–Kier alpha value is -0.570. The Balaban J connectivity index is 0.00000112. The van der Waals surface area contributed by atoms with Crippen molar-refractivity contribution >= 4 is 12.4 Å². The molecule has 0 radical (unpaired) electrons. The zero-order valence-electron chi connectivity index (χ0n) is 9.19. The van der Waals surface area contributed by atoms with E-state index in [0.29, 0.717) is 6.61 Å². The van der Waals surface area contributed by atoms with Gasteiger partial charge in [-0.1, -0.05) is 30.7 Å². The summed E-state index contributed by atoms with van der Waals surface area (Å²) in [5.41, 5.74) is 9.93. The number of halogens is 1.